The van der Waals surface area contributed by atoms with Crippen LogP contribution in [0.15, 0.2) is 77.8 Å². The first-order valence-corrected chi connectivity index (χ1v) is 16.4. The number of ether oxygens (including phenoxy) is 1. The van der Waals surface area contributed by atoms with Crippen LogP contribution in [0, 0.1) is 0 Å². The Kier molecular flexibility index (Phi) is 15.6. The summed E-state index contributed by atoms with van der Waals surface area (Å²) >= 11 is 12.1. The number of nitrogens with zero attached hydrogens (tertiary/aromatic N) is 1. The van der Waals surface area contributed by atoms with Gasteiger partial charge in [0.2, 0.25) is 17.7 Å². The summed E-state index contributed by atoms with van der Waals surface area (Å²) in [5.41, 5.74) is 23.8. The second-order valence-corrected chi connectivity index (χ2v) is 12.0. The number of hydrogen-bond donors (Lipinski definition) is 7. The van der Waals surface area contributed by atoms with Crippen molar-refractivity contribution in [1.29, 1.82) is 0 Å². The van der Waals surface area contributed by atoms with E-state index in [2.05, 4.69) is 20.9 Å². The van der Waals surface area contributed by atoms with E-state index in [0.717, 1.165) is 5.56 Å². The van der Waals surface area contributed by atoms with Crippen molar-refractivity contribution in [2.24, 2.45) is 27.9 Å². The van der Waals surface area contributed by atoms with Crippen molar-refractivity contribution < 1.29 is 23.9 Å². The lowest BCUT2D eigenvalue weighted by Gasteiger charge is -2.25. The van der Waals surface area contributed by atoms with Crippen LogP contribution in [0.1, 0.15) is 59.6 Å². The number of amides is 4. The normalized spacial score (nSPS) is 12.6. The third kappa shape index (κ3) is 12.9. The van der Waals surface area contributed by atoms with Gasteiger partial charge >= 0.3 is 0 Å². The molecule has 0 aliphatic carbocycles. The van der Waals surface area contributed by atoms with Gasteiger partial charge in [0.05, 0.1) is 10.0 Å². The number of benzene rings is 3. The zero-order valence-corrected chi connectivity index (χ0v) is 28.4. The summed E-state index contributed by atoms with van der Waals surface area (Å²) in [5, 5.41) is 8.99. The number of primary amides is 1. The molecular weight excluding hydrogens is 671 g/mol. The second kappa shape index (κ2) is 19.8. The molecule has 0 bridgehead atoms. The van der Waals surface area contributed by atoms with Crippen LogP contribution in [0.25, 0.3) is 0 Å². The number of nitrogens with two attached hydrogens (primary N) is 4. The van der Waals surface area contributed by atoms with Crippen molar-refractivity contribution >= 4 is 52.8 Å². The first-order chi connectivity index (χ1) is 23.5. The van der Waals surface area contributed by atoms with E-state index in [1.165, 1.54) is 0 Å². The largest absolute Gasteiger partial charge is 0.489 e. The van der Waals surface area contributed by atoms with E-state index >= 15 is 0 Å². The number of carbonyl (C=O) groups excluding carboxylic acids is 4. The van der Waals surface area contributed by atoms with Gasteiger partial charge in [-0.25, -0.2) is 0 Å². The average molecular weight is 714 g/mol. The molecule has 3 aromatic carbocycles. The number of halogens is 2. The number of unbranched alkanes of at least 4 members (excludes halogenated alkanes) is 1. The third-order valence-corrected chi connectivity index (χ3v) is 8.10. The van der Waals surface area contributed by atoms with Gasteiger partial charge in [0.1, 0.15) is 30.5 Å². The number of nitrogens with one attached hydrogen (secondary N) is 3. The number of hydrogen-bond acceptors (Lipinski definition) is 7. The van der Waals surface area contributed by atoms with Crippen LogP contribution in [-0.2, 0) is 21.0 Å². The molecule has 262 valence electrons. The zero-order chi connectivity index (χ0) is 35.8. The predicted octanol–water partition coefficient (Wildman–Crippen LogP) is 2.68. The summed E-state index contributed by atoms with van der Waals surface area (Å²) in [4.78, 5) is 56.6. The summed E-state index contributed by atoms with van der Waals surface area (Å²) in [7, 11) is 0. The third-order valence-electron chi connectivity index (χ3n) is 7.36. The minimum absolute atomic E-state index is 0.0968. The minimum atomic E-state index is -1.21. The van der Waals surface area contributed by atoms with E-state index in [9.17, 15) is 19.2 Å². The first-order valence-electron chi connectivity index (χ1n) is 15.7. The number of guanidine groups is 1. The van der Waals surface area contributed by atoms with Crippen molar-refractivity contribution in [3.05, 3.63) is 99.5 Å². The SMILES string of the molecule is NCCCC[C@H](NC(=O)[C@H](CCCN=C(N)N)NC(=O)c1ccccc1)C(=O)N[C@@H](C(N)=O)c1ccc(OCc2ccc(Cl)c(Cl)c2)cc1. The van der Waals surface area contributed by atoms with Crippen LogP contribution in [-0.4, -0.2) is 54.8 Å². The fourth-order valence-corrected chi connectivity index (χ4v) is 5.07. The summed E-state index contributed by atoms with van der Waals surface area (Å²) in [6.07, 6.45) is 1.87. The quantitative estimate of drug-likeness (QED) is 0.0554. The maximum absolute atomic E-state index is 13.6. The molecule has 3 aromatic rings. The van der Waals surface area contributed by atoms with E-state index in [1.807, 2.05) is 0 Å². The fraction of sp³-hybridized carbons (Fsp3) is 0.324. The molecule has 0 radical (unpaired) electrons. The Labute approximate surface area is 295 Å². The Bertz CT molecular complexity index is 1590. The molecule has 0 heterocycles. The maximum atomic E-state index is 13.6. The topological polar surface area (TPSA) is 230 Å². The van der Waals surface area contributed by atoms with Crippen LogP contribution in [0.4, 0.5) is 0 Å². The molecule has 0 aliphatic rings. The van der Waals surface area contributed by atoms with E-state index in [1.54, 1.807) is 72.8 Å². The second-order valence-electron chi connectivity index (χ2n) is 11.1. The van der Waals surface area contributed by atoms with Crippen LogP contribution in [0.3, 0.4) is 0 Å². The standard InChI is InChI=1S/C34H42Cl2N8O5/c35-25-16-11-21(19-26(25)36)20-49-24-14-12-22(13-15-24)29(30(38)45)44-33(48)27(9-4-5-17-37)43-32(47)28(10-6-18-41-34(39)40)42-31(46)23-7-2-1-3-8-23/h1-3,7-8,11-16,19,27-29H,4-6,9-10,17-18,20,37H2,(H2,38,45)(H,42,46)(H,43,47)(H,44,48)(H4,39,40,41)/t27-,28-,29+/m0/s1. The molecule has 0 saturated heterocycles. The Morgan fingerprint density at radius 3 is 2.04 bits per heavy atom. The summed E-state index contributed by atoms with van der Waals surface area (Å²) in [5.74, 6) is -2.11. The van der Waals surface area contributed by atoms with E-state index in [0.29, 0.717) is 52.7 Å². The Hall–Kier alpha value is -4.85. The highest BCUT2D eigenvalue weighted by atomic mass is 35.5. The van der Waals surface area contributed by atoms with Gasteiger partial charge in [0.15, 0.2) is 5.96 Å². The molecule has 0 unspecified atom stereocenters. The highest BCUT2D eigenvalue weighted by molar-refractivity contribution is 6.42. The Morgan fingerprint density at radius 2 is 1.41 bits per heavy atom. The lowest BCUT2D eigenvalue weighted by Crippen LogP contribution is -2.54. The average Bonchev–Trinajstić information content (AvgIpc) is 3.08. The molecule has 11 N–H and O–H groups in total. The van der Waals surface area contributed by atoms with Gasteiger partial charge in [-0.3, -0.25) is 24.2 Å². The van der Waals surface area contributed by atoms with Crippen molar-refractivity contribution in [2.75, 3.05) is 13.1 Å². The predicted molar refractivity (Wildman–Crippen MR) is 190 cm³/mol. The highest BCUT2D eigenvalue weighted by Gasteiger charge is 2.29. The van der Waals surface area contributed by atoms with E-state index in [-0.39, 0.29) is 32.0 Å². The first kappa shape index (κ1) is 38.6. The van der Waals surface area contributed by atoms with Crippen LogP contribution >= 0.6 is 23.2 Å². The van der Waals surface area contributed by atoms with Gasteiger partial charge in [0, 0.05) is 12.1 Å². The van der Waals surface area contributed by atoms with Gasteiger partial charge in [-0.1, -0.05) is 59.6 Å². The molecule has 13 nitrogen and oxygen atoms in total. The van der Waals surface area contributed by atoms with Gasteiger partial charge in [-0.05, 0) is 86.2 Å². The maximum Gasteiger partial charge on any atom is 0.251 e. The fourth-order valence-electron chi connectivity index (χ4n) is 4.75. The lowest BCUT2D eigenvalue weighted by atomic mass is 10.0. The number of carbonyl (C=O) groups is 4. The van der Waals surface area contributed by atoms with Crippen molar-refractivity contribution in [3.8, 4) is 5.75 Å². The van der Waals surface area contributed by atoms with Crippen molar-refractivity contribution in [2.45, 2.75) is 56.8 Å². The molecule has 0 aliphatic heterocycles. The van der Waals surface area contributed by atoms with E-state index < -0.39 is 41.8 Å². The van der Waals surface area contributed by atoms with Gasteiger partial charge in [-0.2, -0.15) is 0 Å². The van der Waals surface area contributed by atoms with Crippen molar-refractivity contribution in [3.63, 3.8) is 0 Å². The number of rotatable bonds is 19. The molecule has 0 saturated carbocycles. The molecule has 3 atom stereocenters. The summed E-state index contributed by atoms with van der Waals surface area (Å²) < 4.78 is 5.81. The van der Waals surface area contributed by atoms with Crippen LogP contribution in [0.5, 0.6) is 5.75 Å². The molecular formula is C34H42Cl2N8O5. The monoisotopic (exact) mass is 712 g/mol. The van der Waals surface area contributed by atoms with Gasteiger partial charge < -0.3 is 43.6 Å². The van der Waals surface area contributed by atoms with E-state index in [4.69, 9.17) is 50.9 Å². The van der Waals surface area contributed by atoms with Gasteiger partial charge in [0.25, 0.3) is 5.91 Å². The Balaban J connectivity index is 1.73. The molecule has 3 rings (SSSR count). The molecule has 15 heteroatoms. The smallest absolute Gasteiger partial charge is 0.251 e. The molecule has 49 heavy (non-hydrogen) atoms. The minimum Gasteiger partial charge on any atom is -0.489 e. The molecule has 0 fully saturated rings. The summed E-state index contributed by atoms with van der Waals surface area (Å²) in [6, 6.07) is 16.8. The van der Waals surface area contributed by atoms with Crippen LogP contribution < -0.4 is 43.6 Å². The lowest BCUT2D eigenvalue weighted by molar-refractivity contribution is -0.132. The molecule has 0 aromatic heterocycles. The highest BCUT2D eigenvalue weighted by Crippen LogP contribution is 2.24. The number of aliphatic imine (C=N–C) groups is 1. The zero-order valence-electron chi connectivity index (χ0n) is 26.9. The van der Waals surface area contributed by atoms with Gasteiger partial charge in [-0.15, -0.1) is 0 Å². The molecule has 0 spiro atoms. The van der Waals surface area contributed by atoms with Crippen LogP contribution in [0.2, 0.25) is 10.0 Å². The Morgan fingerprint density at radius 1 is 0.755 bits per heavy atom. The van der Waals surface area contributed by atoms with Crippen molar-refractivity contribution in [1.82, 2.24) is 16.0 Å². The summed E-state index contributed by atoms with van der Waals surface area (Å²) in [6.45, 7) is 0.830. The molecule has 4 amide bonds.